The molecule has 1 aromatic carbocycles. The molecule has 0 amide bonds. The summed E-state index contributed by atoms with van der Waals surface area (Å²) in [5.74, 6) is 1.54. The Kier molecular flexibility index (Phi) is 1.17. The summed E-state index contributed by atoms with van der Waals surface area (Å²) >= 11 is 4.92. The SMILES string of the molecule is [S]c1ccc2c(c1)OCO2. The Balaban J connectivity index is 2.52. The van der Waals surface area contributed by atoms with E-state index in [1.54, 1.807) is 6.07 Å². The molecule has 1 radical (unpaired) electrons. The van der Waals surface area contributed by atoms with Crippen LogP contribution in [0.3, 0.4) is 0 Å². The lowest BCUT2D eigenvalue weighted by Gasteiger charge is -1.93. The first-order valence-electron chi connectivity index (χ1n) is 2.93. The Bertz CT molecular complexity index is 260. The maximum absolute atomic E-state index is 5.09. The molecule has 0 saturated carbocycles. The van der Waals surface area contributed by atoms with Crippen molar-refractivity contribution in [3.63, 3.8) is 0 Å². The predicted octanol–water partition coefficient (Wildman–Crippen LogP) is 1.97. The summed E-state index contributed by atoms with van der Waals surface area (Å²) in [5, 5.41) is 0. The topological polar surface area (TPSA) is 18.5 Å². The fourth-order valence-electron chi connectivity index (χ4n) is 0.877. The second-order valence-corrected chi connectivity index (χ2v) is 2.49. The van der Waals surface area contributed by atoms with Crippen molar-refractivity contribution < 1.29 is 9.47 Å². The van der Waals surface area contributed by atoms with Gasteiger partial charge in [0.15, 0.2) is 11.5 Å². The number of hydrogen-bond donors (Lipinski definition) is 0. The van der Waals surface area contributed by atoms with Gasteiger partial charge in [0.05, 0.1) is 0 Å². The van der Waals surface area contributed by atoms with Crippen molar-refractivity contribution in [1.82, 2.24) is 0 Å². The van der Waals surface area contributed by atoms with Gasteiger partial charge >= 0.3 is 0 Å². The van der Waals surface area contributed by atoms with Gasteiger partial charge in [0.1, 0.15) is 0 Å². The molecule has 1 aliphatic rings. The van der Waals surface area contributed by atoms with E-state index in [1.165, 1.54) is 0 Å². The van der Waals surface area contributed by atoms with Crippen LogP contribution in [0.4, 0.5) is 0 Å². The molecule has 0 aliphatic carbocycles. The zero-order chi connectivity index (χ0) is 6.97. The van der Waals surface area contributed by atoms with Gasteiger partial charge in [-0.3, -0.25) is 0 Å². The first-order valence-corrected chi connectivity index (χ1v) is 3.34. The molecule has 1 aromatic rings. The van der Waals surface area contributed by atoms with Gasteiger partial charge in [0, 0.05) is 11.0 Å². The van der Waals surface area contributed by atoms with Crippen molar-refractivity contribution in [3.8, 4) is 11.5 Å². The van der Waals surface area contributed by atoms with Gasteiger partial charge in [-0.25, -0.2) is 0 Å². The van der Waals surface area contributed by atoms with Gasteiger partial charge in [-0.1, -0.05) is 12.6 Å². The van der Waals surface area contributed by atoms with E-state index in [2.05, 4.69) is 0 Å². The minimum Gasteiger partial charge on any atom is -0.454 e. The van der Waals surface area contributed by atoms with Crippen LogP contribution in [0, 0.1) is 0 Å². The van der Waals surface area contributed by atoms with Crippen molar-refractivity contribution in [2.24, 2.45) is 0 Å². The summed E-state index contributed by atoms with van der Waals surface area (Å²) in [7, 11) is 0. The standard InChI is InChI=1S/C7H5O2S/c10-5-1-2-6-7(3-5)9-4-8-6/h1-3H,4H2. The summed E-state index contributed by atoms with van der Waals surface area (Å²) in [6.07, 6.45) is 0. The smallest absolute Gasteiger partial charge is 0.231 e. The molecule has 10 heavy (non-hydrogen) atoms. The third kappa shape index (κ3) is 0.789. The van der Waals surface area contributed by atoms with Gasteiger partial charge in [-0.15, -0.1) is 0 Å². The van der Waals surface area contributed by atoms with Gasteiger partial charge in [-0.2, -0.15) is 0 Å². The number of fused-ring (bicyclic) bond motifs is 1. The quantitative estimate of drug-likeness (QED) is 0.567. The largest absolute Gasteiger partial charge is 0.454 e. The second kappa shape index (κ2) is 2.02. The van der Waals surface area contributed by atoms with Gasteiger partial charge < -0.3 is 9.47 Å². The van der Waals surface area contributed by atoms with E-state index in [4.69, 9.17) is 22.1 Å². The number of hydrogen-bond acceptors (Lipinski definition) is 2. The third-order valence-electron chi connectivity index (χ3n) is 1.34. The Morgan fingerprint density at radius 1 is 1.20 bits per heavy atom. The minimum absolute atomic E-state index is 0.314. The molecule has 0 fully saturated rings. The van der Waals surface area contributed by atoms with E-state index in [-0.39, 0.29) is 0 Å². The average molecular weight is 153 g/mol. The maximum Gasteiger partial charge on any atom is 0.231 e. The van der Waals surface area contributed by atoms with Crippen LogP contribution in [0.15, 0.2) is 23.1 Å². The van der Waals surface area contributed by atoms with Crippen molar-refractivity contribution in [2.75, 3.05) is 6.79 Å². The summed E-state index contributed by atoms with van der Waals surface area (Å²) in [4.78, 5) is 0.782. The highest BCUT2D eigenvalue weighted by Crippen LogP contribution is 2.33. The predicted molar refractivity (Wildman–Crippen MR) is 38.4 cm³/mol. The average Bonchev–Trinajstić information content (AvgIpc) is 2.33. The second-order valence-electron chi connectivity index (χ2n) is 2.02. The molecule has 0 N–H and O–H groups in total. The molecule has 0 bridgehead atoms. The van der Waals surface area contributed by atoms with E-state index >= 15 is 0 Å². The van der Waals surface area contributed by atoms with E-state index in [9.17, 15) is 0 Å². The molecule has 0 aromatic heterocycles. The highest BCUT2D eigenvalue weighted by Gasteiger charge is 2.11. The first-order chi connectivity index (χ1) is 4.86. The normalized spacial score (nSPS) is 13.6. The van der Waals surface area contributed by atoms with Crippen LogP contribution in [0.25, 0.3) is 0 Å². The van der Waals surface area contributed by atoms with E-state index in [1.807, 2.05) is 12.1 Å². The molecule has 2 nitrogen and oxygen atoms in total. The minimum atomic E-state index is 0.314. The summed E-state index contributed by atoms with van der Waals surface area (Å²) < 4.78 is 10.2. The summed E-state index contributed by atoms with van der Waals surface area (Å²) in [6.45, 7) is 0.314. The first kappa shape index (κ1) is 5.80. The number of rotatable bonds is 0. The van der Waals surface area contributed by atoms with E-state index in [0.29, 0.717) is 6.79 Å². The molecule has 1 heterocycles. The van der Waals surface area contributed by atoms with Crippen LogP contribution in [0.5, 0.6) is 11.5 Å². The van der Waals surface area contributed by atoms with Crippen LogP contribution < -0.4 is 9.47 Å². The number of benzene rings is 1. The van der Waals surface area contributed by atoms with Crippen LogP contribution in [-0.4, -0.2) is 6.79 Å². The van der Waals surface area contributed by atoms with E-state index < -0.39 is 0 Å². The Morgan fingerprint density at radius 2 is 2.00 bits per heavy atom. The molecule has 2 rings (SSSR count). The molecule has 0 saturated heterocycles. The van der Waals surface area contributed by atoms with Crippen molar-refractivity contribution >= 4 is 12.6 Å². The lowest BCUT2D eigenvalue weighted by Crippen LogP contribution is -1.92. The highest BCUT2D eigenvalue weighted by molar-refractivity contribution is 7.80. The number of ether oxygens (including phenoxy) is 2. The van der Waals surface area contributed by atoms with Crippen molar-refractivity contribution in [3.05, 3.63) is 18.2 Å². The Morgan fingerprint density at radius 3 is 2.90 bits per heavy atom. The zero-order valence-electron chi connectivity index (χ0n) is 5.16. The fraction of sp³-hybridized carbons (Fsp3) is 0.143. The lowest BCUT2D eigenvalue weighted by molar-refractivity contribution is 0.174. The molecule has 0 atom stereocenters. The zero-order valence-corrected chi connectivity index (χ0v) is 5.98. The van der Waals surface area contributed by atoms with Gasteiger partial charge in [0.2, 0.25) is 6.79 Å². The van der Waals surface area contributed by atoms with Crippen LogP contribution in [-0.2, 0) is 0 Å². The maximum atomic E-state index is 5.09. The third-order valence-corrected chi connectivity index (χ3v) is 1.60. The highest BCUT2D eigenvalue weighted by atomic mass is 32.1. The molecular weight excluding hydrogens is 148 g/mol. The monoisotopic (exact) mass is 153 g/mol. The van der Waals surface area contributed by atoms with Crippen LogP contribution >= 0.6 is 12.6 Å². The van der Waals surface area contributed by atoms with Gasteiger partial charge in [-0.05, 0) is 12.1 Å². The molecule has 0 spiro atoms. The van der Waals surface area contributed by atoms with Crippen LogP contribution in [0.2, 0.25) is 0 Å². The molecule has 1 aliphatic heterocycles. The fourth-order valence-corrected chi connectivity index (χ4v) is 1.05. The lowest BCUT2D eigenvalue weighted by atomic mass is 10.3. The van der Waals surface area contributed by atoms with Crippen molar-refractivity contribution in [1.29, 1.82) is 0 Å². The Hall–Kier alpha value is -0.960. The molecule has 3 heteroatoms. The van der Waals surface area contributed by atoms with Gasteiger partial charge in [0.25, 0.3) is 0 Å². The van der Waals surface area contributed by atoms with Crippen LogP contribution in [0.1, 0.15) is 0 Å². The summed E-state index contributed by atoms with van der Waals surface area (Å²) in [5.41, 5.74) is 0. The Labute approximate surface area is 64.2 Å². The summed E-state index contributed by atoms with van der Waals surface area (Å²) in [6, 6.07) is 5.44. The van der Waals surface area contributed by atoms with E-state index in [0.717, 1.165) is 16.4 Å². The molecule has 0 unspecified atom stereocenters. The van der Waals surface area contributed by atoms with Crippen molar-refractivity contribution in [2.45, 2.75) is 4.90 Å². The molecule has 51 valence electrons. The molecular formula is C7H5O2S.